The van der Waals surface area contributed by atoms with Crippen molar-refractivity contribution in [2.75, 3.05) is 6.54 Å². The second-order valence-corrected chi connectivity index (χ2v) is 5.11. The third kappa shape index (κ3) is 3.30. The Morgan fingerprint density at radius 3 is 2.74 bits per heavy atom. The molecular formula is C14H19FN2O2. The van der Waals surface area contributed by atoms with Gasteiger partial charge in [0, 0.05) is 19.0 Å². The van der Waals surface area contributed by atoms with Crippen molar-refractivity contribution < 1.29 is 13.9 Å². The largest absolute Gasteiger partial charge is 0.437 e. The first-order chi connectivity index (χ1) is 8.97. The van der Waals surface area contributed by atoms with Crippen molar-refractivity contribution in [3.8, 4) is 0 Å². The molecule has 1 unspecified atom stereocenters. The topological polar surface area (TPSA) is 58.3 Å². The van der Waals surface area contributed by atoms with Gasteiger partial charge in [0.2, 0.25) is 0 Å². The highest BCUT2D eigenvalue weighted by atomic mass is 19.1. The summed E-state index contributed by atoms with van der Waals surface area (Å²) in [6.45, 7) is 6.56. The van der Waals surface area contributed by atoms with Crippen LogP contribution in [-0.4, -0.2) is 22.7 Å². The lowest BCUT2D eigenvalue weighted by atomic mass is 10.2. The maximum atomic E-state index is 13.9. The fourth-order valence-corrected chi connectivity index (χ4v) is 1.84. The average Bonchev–Trinajstić information content (AvgIpc) is 2.73. The molecule has 2 N–H and O–H groups in total. The van der Waals surface area contributed by atoms with Crippen LogP contribution in [0.25, 0.3) is 11.1 Å². The second kappa shape index (κ2) is 5.67. The molecule has 0 fully saturated rings. The molecule has 2 rings (SSSR count). The van der Waals surface area contributed by atoms with Crippen LogP contribution in [0.15, 0.2) is 16.5 Å². The normalized spacial score (nSPS) is 13.4. The van der Waals surface area contributed by atoms with Crippen LogP contribution in [0.5, 0.6) is 0 Å². The van der Waals surface area contributed by atoms with E-state index >= 15 is 0 Å². The Kier molecular flexibility index (Phi) is 4.17. The Hall–Kier alpha value is -1.46. The maximum Gasteiger partial charge on any atom is 0.198 e. The molecule has 0 saturated carbocycles. The van der Waals surface area contributed by atoms with E-state index in [-0.39, 0.29) is 11.5 Å². The van der Waals surface area contributed by atoms with Crippen LogP contribution in [0.4, 0.5) is 4.39 Å². The van der Waals surface area contributed by atoms with Crippen molar-refractivity contribution in [2.45, 2.75) is 39.3 Å². The van der Waals surface area contributed by atoms with Crippen molar-refractivity contribution in [1.82, 2.24) is 10.3 Å². The first-order valence-corrected chi connectivity index (χ1v) is 6.45. The van der Waals surface area contributed by atoms with Crippen molar-refractivity contribution in [3.05, 3.63) is 29.4 Å². The third-order valence-corrected chi connectivity index (χ3v) is 2.78. The minimum Gasteiger partial charge on any atom is -0.437 e. The van der Waals surface area contributed by atoms with E-state index in [4.69, 9.17) is 9.52 Å². The summed E-state index contributed by atoms with van der Waals surface area (Å²) in [6, 6.07) is 3.25. The van der Waals surface area contributed by atoms with E-state index in [1.165, 1.54) is 6.07 Å². The molecule has 4 nitrogen and oxygen atoms in total. The highest BCUT2D eigenvalue weighted by molar-refractivity contribution is 5.74. The third-order valence-electron chi connectivity index (χ3n) is 2.78. The average molecular weight is 266 g/mol. The van der Waals surface area contributed by atoms with Crippen LogP contribution in [0.3, 0.4) is 0 Å². The number of rotatable bonds is 5. The zero-order valence-corrected chi connectivity index (χ0v) is 11.4. The minimum absolute atomic E-state index is 0.128. The lowest BCUT2D eigenvalue weighted by Crippen LogP contribution is -2.23. The van der Waals surface area contributed by atoms with E-state index in [0.717, 1.165) is 5.56 Å². The number of hydrogen-bond acceptors (Lipinski definition) is 4. The molecule has 1 atom stereocenters. The highest BCUT2D eigenvalue weighted by Crippen LogP contribution is 2.24. The number of oxazole rings is 1. The van der Waals surface area contributed by atoms with Crippen LogP contribution < -0.4 is 5.32 Å². The predicted molar refractivity (Wildman–Crippen MR) is 71.4 cm³/mol. The fourth-order valence-electron chi connectivity index (χ4n) is 1.84. The van der Waals surface area contributed by atoms with Gasteiger partial charge in [-0.15, -0.1) is 0 Å². The van der Waals surface area contributed by atoms with Gasteiger partial charge in [-0.3, -0.25) is 0 Å². The van der Waals surface area contributed by atoms with Gasteiger partial charge in [-0.1, -0.05) is 13.8 Å². The number of nitrogens with zero attached hydrogens (tertiary/aromatic N) is 1. The lowest BCUT2D eigenvalue weighted by Gasteiger charge is -2.06. The van der Waals surface area contributed by atoms with Crippen molar-refractivity contribution in [1.29, 1.82) is 0 Å². The summed E-state index contributed by atoms with van der Waals surface area (Å²) in [7, 11) is 0. The van der Waals surface area contributed by atoms with E-state index in [0.29, 0.717) is 24.5 Å². The number of benzene rings is 1. The van der Waals surface area contributed by atoms with Gasteiger partial charge in [0.15, 0.2) is 17.3 Å². The Labute approximate surface area is 111 Å². The molecule has 1 aromatic carbocycles. The molecule has 1 heterocycles. The summed E-state index contributed by atoms with van der Waals surface area (Å²) < 4.78 is 19.3. The molecule has 0 aliphatic heterocycles. The van der Waals surface area contributed by atoms with Gasteiger partial charge >= 0.3 is 0 Å². The van der Waals surface area contributed by atoms with E-state index in [2.05, 4.69) is 10.3 Å². The molecule has 5 heteroatoms. The van der Waals surface area contributed by atoms with E-state index in [1.54, 1.807) is 6.92 Å². The lowest BCUT2D eigenvalue weighted by molar-refractivity contribution is 0.191. The van der Waals surface area contributed by atoms with E-state index in [9.17, 15) is 4.39 Å². The Morgan fingerprint density at radius 1 is 1.37 bits per heavy atom. The maximum absolute atomic E-state index is 13.9. The molecule has 19 heavy (non-hydrogen) atoms. The van der Waals surface area contributed by atoms with Crippen molar-refractivity contribution >= 4 is 11.1 Å². The summed E-state index contributed by atoms with van der Waals surface area (Å²) in [4.78, 5) is 4.29. The SMILES string of the molecule is CC(O)CNCc1cc(F)c2oc(C(C)C)nc2c1. The molecule has 0 amide bonds. The molecule has 0 spiro atoms. The number of halogens is 1. The highest BCUT2D eigenvalue weighted by Gasteiger charge is 2.14. The molecule has 0 aliphatic rings. The van der Waals surface area contributed by atoms with Crippen LogP contribution in [0.2, 0.25) is 0 Å². The summed E-state index contributed by atoms with van der Waals surface area (Å²) in [5.41, 5.74) is 1.54. The molecule has 104 valence electrons. The molecular weight excluding hydrogens is 247 g/mol. The molecule has 0 aliphatic carbocycles. The first-order valence-electron chi connectivity index (χ1n) is 6.45. The van der Waals surface area contributed by atoms with Gasteiger partial charge in [-0.2, -0.15) is 0 Å². The van der Waals surface area contributed by atoms with Gasteiger partial charge in [0.25, 0.3) is 0 Å². The number of hydrogen-bond donors (Lipinski definition) is 2. The summed E-state index contributed by atoms with van der Waals surface area (Å²) in [5.74, 6) is 0.275. The molecule has 0 radical (unpaired) electrons. The summed E-state index contributed by atoms with van der Waals surface area (Å²) in [6.07, 6.45) is -0.423. The molecule has 0 bridgehead atoms. The molecule has 0 saturated heterocycles. The van der Waals surface area contributed by atoms with Crippen molar-refractivity contribution in [2.24, 2.45) is 0 Å². The number of fused-ring (bicyclic) bond motifs is 1. The minimum atomic E-state index is -0.423. The Bertz CT molecular complexity index is 564. The van der Waals surface area contributed by atoms with Crippen LogP contribution in [0.1, 0.15) is 38.1 Å². The van der Waals surface area contributed by atoms with Gasteiger partial charge in [-0.05, 0) is 24.6 Å². The standard InChI is InChI=1S/C14H19FN2O2/c1-8(2)14-17-12-5-10(7-16-6-9(3)18)4-11(15)13(12)19-14/h4-5,8-9,16,18H,6-7H2,1-3H3. The smallest absolute Gasteiger partial charge is 0.198 e. The Morgan fingerprint density at radius 2 is 2.11 bits per heavy atom. The number of aliphatic hydroxyl groups is 1. The van der Waals surface area contributed by atoms with E-state index in [1.807, 2.05) is 19.9 Å². The molecule has 1 aromatic heterocycles. The number of aliphatic hydroxyl groups excluding tert-OH is 1. The van der Waals surface area contributed by atoms with Gasteiger partial charge in [0.05, 0.1) is 6.10 Å². The van der Waals surface area contributed by atoms with Crippen molar-refractivity contribution in [3.63, 3.8) is 0 Å². The number of aromatic nitrogens is 1. The number of nitrogens with one attached hydrogen (secondary N) is 1. The second-order valence-electron chi connectivity index (χ2n) is 5.11. The van der Waals surface area contributed by atoms with Crippen LogP contribution in [-0.2, 0) is 6.54 Å². The quantitative estimate of drug-likeness (QED) is 0.873. The molecule has 2 aromatic rings. The summed E-state index contributed by atoms with van der Waals surface area (Å²) >= 11 is 0. The van der Waals surface area contributed by atoms with Gasteiger partial charge in [0.1, 0.15) is 5.52 Å². The van der Waals surface area contributed by atoms with Crippen LogP contribution >= 0.6 is 0 Å². The van der Waals surface area contributed by atoms with Gasteiger partial charge < -0.3 is 14.8 Å². The predicted octanol–water partition coefficient (Wildman–Crippen LogP) is 2.56. The monoisotopic (exact) mass is 266 g/mol. The zero-order chi connectivity index (χ0) is 14.0. The zero-order valence-electron chi connectivity index (χ0n) is 11.4. The van der Waals surface area contributed by atoms with Gasteiger partial charge in [-0.25, -0.2) is 9.37 Å². The van der Waals surface area contributed by atoms with Crippen LogP contribution in [0, 0.1) is 5.82 Å². The fraction of sp³-hybridized carbons (Fsp3) is 0.500. The Balaban J connectivity index is 2.22. The van der Waals surface area contributed by atoms with E-state index < -0.39 is 11.9 Å². The summed E-state index contributed by atoms with van der Waals surface area (Å²) in [5, 5.41) is 12.2. The first kappa shape index (κ1) is 14.0.